The van der Waals surface area contributed by atoms with Crippen molar-refractivity contribution in [1.82, 2.24) is 14.8 Å². The number of unbranched alkanes of at least 4 members (excludes halogenated alkanes) is 1. The van der Waals surface area contributed by atoms with Crippen LogP contribution in [0, 0.1) is 0 Å². The summed E-state index contributed by atoms with van der Waals surface area (Å²) in [5.41, 5.74) is 5.26. The molecule has 38 heavy (non-hydrogen) atoms. The zero-order valence-corrected chi connectivity index (χ0v) is 22.5. The number of urea groups is 1. The van der Waals surface area contributed by atoms with Gasteiger partial charge in [-0.3, -0.25) is 4.79 Å². The molecule has 0 bridgehead atoms. The van der Waals surface area contributed by atoms with Crippen LogP contribution in [0.5, 0.6) is 0 Å². The standard InChI is InChI=1S/C32H38N4O2/c1-3-5-19-36(32(38)34-28-15-11-14-25(4-2)21-28)24-31(37)35(23-26-12-7-6-8-13-26)20-18-27-22-33-30-17-10-9-16-29(27)30/h6-17,21-22,33H,3-5,18-20,23-24H2,1-2H3,(H,34,38). The Kier molecular flexibility index (Phi) is 9.57. The first kappa shape index (κ1) is 27.0. The highest BCUT2D eigenvalue weighted by atomic mass is 16.2. The molecule has 1 aromatic heterocycles. The van der Waals surface area contributed by atoms with Gasteiger partial charge in [0.05, 0.1) is 0 Å². The highest BCUT2D eigenvalue weighted by Gasteiger charge is 2.22. The second-order valence-electron chi connectivity index (χ2n) is 9.67. The summed E-state index contributed by atoms with van der Waals surface area (Å²) >= 11 is 0. The summed E-state index contributed by atoms with van der Waals surface area (Å²) in [6.45, 7) is 5.82. The number of hydrogen-bond acceptors (Lipinski definition) is 2. The van der Waals surface area contributed by atoms with E-state index in [9.17, 15) is 9.59 Å². The van der Waals surface area contributed by atoms with Crippen LogP contribution in [0.1, 0.15) is 43.4 Å². The molecule has 0 aliphatic carbocycles. The van der Waals surface area contributed by atoms with E-state index in [4.69, 9.17) is 0 Å². The third kappa shape index (κ3) is 7.25. The van der Waals surface area contributed by atoms with Crippen LogP contribution in [-0.4, -0.2) is 46.4 Å². The van der Waals surface area contributed by atoms with Gasteiger partial charge in [-0.25, -0.2) is 4.79 Å². The van der Waals surface area contributed by atoms with E-state index in [0.717, 1.165) is 48.0 Å². The van der Waals surface area contributed by atoms with Crippen molar-refractivity contribution in [2.24, 2.45) is 0 Å². The Morgan fingerprint density at radius 3 is 2.39 bits per heavy atom. The maximum atomic E-state index is 13.7. The lowest BCUT2D eigenvalue weighted by Gasteiger charge is -2.28. The summed E-state index contributed by atoms with van der Waals surface area (Å²) in [4.78, 5) is 33.8. The van der Waals surface area contributed by atoms with Crippen molar-refractivity contribution in [2.75, 3.05) is 25.0 Å². The van der Waals surface area contributed by atoms with E-state index in [1.807, 2.05) is 77.8 Å². The van der Waals surface area contributed by atoms with Gasteiger partial charge in [0, 0.05) is 42.4 Å². The lowest BCUT2D eigenvalue weighted by Crippen LogP contribution is -2.45. The maximum absolute atomic E-state index is 13.7. The fraction of sp³-hybridized carbons (Fsp3) is 0.312. The first-order valence-electron chi connectivity index (χ1n) is 13.6. The molecule has 3 amide bonds. The van der Waals surface area contributed by atoms with Gasteiger partial charge in [0.2, 0.25) is 5.91 Å². The Hall–Kier alpha value is -4.06. The van der Waals surface area contributed by atoms with Crippen molar-refractivity contribution >= 4 is 28.5 Å². The molecule has 0 saturated heterocycles. The number of rotatable bonds is 12. The minimum atomic E-state index is -0.239. The van der Waals surface area contributed by atoms with E-state index >= 15 is 0 Å². The average Bonchev–Trinajstić information content (AvgIpc) is 3.36. The van der Waals surface area contributed by atoms with Crippen LogP contribution in [0.25, 0.3) is 10.9 Å². The van der Waals surface area contributed by atoms with Gasteiger partial charge in [0.15, 0.2) is 0 Å². The predicted molar refractivity (Wildman–Crippen MR) is 155 cm³/mol. The Balaban J connectivity index is 1.49. The van der Waals surface area contributed by atoms with Gasteiger partial charge in [-0.15, -0.1) is 0 Å². The van der Waals surface area contributed by atoms with Gasteiger partial charge in [-0.05, 0) is 54.2 Å². The molecule has 0 fully saturated rings. The van der Waals surface area contributed by atoms with Crippen LogP contribution in [0.3, 0.4) is 0 Å². The van der Waals surface area contributed by atoms with E-state index in [1.165, 1.54) is 10.9 Å². The minimum absolute atomic E-state index is 0.0417. The minimum Gasteiger partial charge on any atom is -0.361 e. The van der Waals surface area contributed by atoms with Crippen LogP contribution < -0.4 is 5.32 Å². The molecule has 0 aliphatic heterocycles. The zero-order chi connectivity index (χ0) is 26.7. The van der Waals surface area contributed by atoms with Crippen molar-refractivity contribution in [3.05, 3.63) is 102 Å². The van der Waals surface area contributed by atoms with Gasteiger partial charge in [0.1, 0.15) is 6.54 Å². The predicted octanol–water partition coefficient (Wildman–Crippen LogP) is 6.64. The Bertz CT molecular complexity index is 1330. The molecule has 0 aliphatic rings. The number of aryl methyl sites for hydroxylation is 1. The fourth-order valence-corrected chi connectivity index (χ4v) is 4.63. The van der Waals surface area contributed by atoms with Crippen LogP contribution in [0.15, 0.2) is 85.1 Å². The SMILES string of the molecule is CCCCN(CC(=O)N(CCc1c[nH]c2ccccc12)Cc1ccccc1)C(=O)Nc1cccc(CC)c1. The van der Waals surface area contributed by atoms with E-state index in [-0.39, 0.29) is 18.5 Å². The average molecular weight is 511 g/mol. The number of fused-ring (bicyclic) bond motifs is 1. The summed E-state index contributed by atoms with van der Waals surface area (Å²) < 4.78 is 0. The van der Waals surface area contributed by atoms with E-state index in [1.54, 1.807) is 4.90 Å². The molecule has 3 aromatic carbocycles. The van der Waals surface area contributed by atoms with Crippen molar-refractivity contribution in [1.29, 1.82) is 0 Å². The third-order valence-electron chi connectivity index (χ3n) is 6.88. The van der Waals surface area contributed by atoms with Crippen LogP contribution in [-0.2, 0) is 24.2 Å². The first-order chi connectivity index (χ1) is 18.6. The lowest BCUT2D eigenvalue weighted by atomic mass is 10.1. The second-order valence-corrected chi connectivity index (χ2v) is 9.67. The van der Waals surface area contributed by atoms with Crippen molar-refractivity contribution in [3.63, 3.8) is 0 Å². The van der Waals surface area contributed by atoms with Gasteiger partial charge in [-0.2, -0.15) is 0 Å². The quantitative estimate of drug-likeness (QED) is 0.224. The molecule has 0 atom stereocenters. The molecule has 6 nitrogen and oxygen atoms in total. The molecule has 4 aromatic rings. The number of anilines is 1. The molecule has 1 heterocycles. The molecule has 4 rings (SSSR count). The number of H-pyrrole nitrogens is 1. The smallest absolute Gasteiger partial charge is 0.322 e. The summed E-state index contributed by atoms with van der Waals surface area (Å²) in [6.07, 6.45) is 5.43. The second kappa shape index (κ2) is 13.5. The van der Waals surface area contributed by atoms with Gasteiger partial charge in [0.25, 0.3) is 0 Å². The highest BCUT2D eigenvalue weighted by molar-refractivity contribution is 5.92. The van der Waals surface area contributed by atoms with Crippen LogP contribution in [0.2, 0.25) is 0 Å². The largest absolute Gasteiger partial charge is 0.361 e. The summed E-state index contributed by atoms with van der Waals surface area (Å²) in [5, 5.41) is 4.18. The fourth-order valence-electron chi connectivity index (χ4n) is 4.63. The molecule has 198 valence electrons. The van der Waals surface area contributed by atoms with Crippen LogP contribution in [0.4, 0.5) is 10.5 Å². The number of aromatic nitrogens is 1. The molecule has 0 saturated carbocycles. The number of amides is 3. The first-order valence-corrected chi connectivity index (χ1v) is 13.6. The third-order valence-corrected chi connectivity index (χ3v) is 6.88. The number of nitrogens with zero attached hydrogens (tertiary/aromatic N) is 2. The van der Waals surface area contributed by atoms with Crippen molar-refractivity contribution in [3.8, 4) is 0 Å². The Morgan fingerprint density at radius 1 is 0.842 bits per heavy atom. The monoisotopic (exact) mass is 510 g/mol. The van der Waals surface area contributed by atoms with E-state index in [2.05, 4.69) is 36.3 Å². The van der Waals surface area contributed by atoms with Gasteiger partial charge >= 0.3 is 6.03 Å². The van der Waals surface area contributed by atoms with Gasteiger partial charge in [-0.1, -0.05) is 80.9 Å². The number of carbonyl (C=O) groups excluding carboxylic acids is 2. The maximum Gasteiger partial charge on any atom is 0.322 e. The molecular formula is C32H38N4O2. The normalized spacial score (nSPS) is 10.9. The number of nitrogens with one attached hydrogen (secondary N) is 2. The Morgan fingerprint density at radius 2 is 1.61 bits per heavy atom. The number of hydrogen-bond donors (Lipinski definition) is 2. The highest BCUT2D eigenvalue weighted by Crippen LogP contribution is 2.19. The van der Waals surface area contributed by atoms with E-state index in [0.29, 0.717) is 19.6 Å². The lowest BCUT2D eigenvalue weighted by molar-refractivity contribution is -0.132. The number of carbonyl (C=O) groups is 2. The molecule has 0 spiro atoms. The summed E-state index contributed by atoms with van der Waals surface area (Å²) in [5.74, 6) is -0.0535. The Labute approximate surface area is 225 Å². The van der Waals surface area contributed by atoms with Crippen molar-refractivity contribution < 1.29 is 9.59 Å². The van der Waals surface area contributed by atoms with Gasteiger partial charge < -0.3 is 20.1 Å². The molecular weight excluding hydrogens is 472 g/mol. The number of benzene rings is 3. The zero-order valence-electron chi connectivity index (χ0n) is 22.5. The topological polar surface area (TPSA) is 68.4 Å². The van der Waals surface area contributed by atoms with Crippen LogP contribution >= 0.6 is 0 Å². The summed E-state index contributed by atoms with van der Waals surface area (Å²) in [6, 6.07) is 25.9. The molecule has 0 radical (unpaired) electrons. The van der Waals surface area contributed by atoms with E-state index < -0.39 is 0 Å². The molecule has 2 N–H and O–H groups in total. The molecule has 6 heteroatoms. The molecule has 0 unspecified atom stereocenters. The summed E-state index contributed by atoms with van der Waals surface area (Å²) in [7, 11) is 0. The van der Waals surface area contributed by atoms with Crippen molar-refractivity contribution in [2.45, 2.75) is 46.1 Å². The number of aromatic amines is 1. The number of para-hydroxylation sites is 1.